The van der Waals surface area contributed by atoms with Crippen LogP contribution in [0.3, 0.4) is 0 Å². The number of hydrogen-bond donors (Lipinski definition) is 3. The summed E-state index contributed by atoms with van der Waals surface area (Å²) in [5, 5.41) is 11.2. The van der Waals surface area contributed by atoms with Gasteiger partial charge in [-0.05, 0) is 6.42 Å². The molecule has 1 atom stereocenters. The number of carboxylic acid groups (broad SMARTS) is 1. The molecule has 0 fully saturated rings. The van der Waals surface area contributed by atoms with E-state index in [0.717, 1.165) is 19.3 Å². The van der Waals surface area contributed by atoms with E-state index >= 15 is 0 Å². The van der Waals surface area contributed by atoms with Gasteiger partial charge in [0.15, 0.2) is 0 Å². The number of hydrogen-bond acceptors (Lipinski definition) is 3. The Kier molecular flexibility index (Phi) is 17.4. The summed E-state index contributed by atoms with van der Waals surface area (Å²) in [4.78, 5) is 33.2. The second-order valence-electron chi connectivity index (χ2n) is 5.71. The molecule has 0 saturated carbocycles. The van der Waals surface area contributed by atoms with Crippen molar-refractivity contribution in [2.45, 2.75) is 83.6 Å². The van der Waals surface area contributed by atoms with E-state index in [1.165, 1.54) is 38.5 Å². The molecular weight excluding hydrogens is 307 g/mol. The van der Waals surface area contributed by atoms with Crippen molar-refractivity contribution in [3.63, 3.8) is 0 Å². The normalized spacial score (nSPS) is 11.3. The van der Waals surface area contributed by atoms with Crippen molar-refractivity contribution in [3.8, 4) is 0 Å². The average Bonchev–Trinajstić information content (AvgIpc) is 2.44. The van der Waals surface area contributed by atoms with E-state index in [2.05, 4.69) is 12.2 Å². The van der Waals surface area contributed by atoms with E-state index in [1.54, 1.807) is 0 Å². The molecule has 23 heavy (non-hydrogen) atoms. The molecule has 0 unspecified atom stereocenters. The van der Waals surface area contributed by atoms with Gasteiger partial charge in [-0.25, -0.2) is 4.79 Å². The first-order valence-corrected chi connectivity index (χ1v) is 8.27. The third-order valence-corrected chi connectivity index (χ3v) is 3.55. The van der Waals surface area contributed by atoms with Crippen molar-refractivity contribution in [1.29, 1.82) is 0 Å². The van der Waals surface area contributed by atoms with Gasteiger partial charge in [-0.1, -0.05) is 58.3 Å². The second-order valence-corrected chi connectivity index (χ2v) is 5.71. The standard InChI is InChI=1S/C16H30N2O4.Na/c1-2-3-4-5-6-7-8-9-10-11-15(20)18-13(16(21)22)12-14(17)19;/h13H,2-12H2,1H3,(H2,17,19)(H,18,20)(H,21,22);/t13-;/m0./s1. The minimum Gasteiger partial charge on any atom is -0.480 e. The van der Waals surface area contributed by atoms with Crippen LogP contribution < -0.4 is 11.1 Å². The first-order chi connectivity index (χ1) is 10.5. The van der Waals surface area contributed by atoms with Crippen LogP contribution in [0, 0.1) is 0 Å². The van der Waals surface area contributed by atoms with Gasteiger partial charge in [-0.2, -0.15) is 0 Å². The van der Waals surface area contributed by atoms with Crippen LogP contribution in [0.15, 0.2) is 0 Å². The van der Waals surface area contributed by atoms with Gasteiger partial charge in [-0.3, -0.25) is 9.59 Å². The molecule has 0 saturated heterocycles. The van der Waals surface area contributed by atoms with Crippen LogP contribution in [0.1, 0.15) is 77.6 Å². The van der Waals surface area contributed by atoms with Gasteiger partial charge in [0.05, 0.1) is 6.42 Å². The van der Waals surface area contributed by atoms with E-state index < -0.39 is 17.9 Å². The molecule has 0 aromatic heterocycles. The molecule has 0 aliphatic rings. The molecule has 0 aliphatic carbocycles. The molecule has 0 aliphatic heterocycles. The molecule has 0 heterocycles. The van der Waals surface area contributed by atoms with E-state index in [0.29, 0.717) is 6.42 Å². The third-order valence-electron chi connectivity index (χ3n) is 3.55. The number of carbonyl (C=O) groups excluding carboxylic acids is 2. The van der Waals surface area contributed by atoms with E-state index in [1.807, 2.05) is 0 Å². The summed E-state index contributed by atoms with van der Waals surface area (Å²) in [5.74, 6) is -2.31. The summed E-state index contributed by atoms with van der Waals surface area (Å²) in [6.45, 7) is 2.20. The monoisotopic (exact) mass is 337 g/mol. The van der Waals surface area contributed by atoms with Gasteiger partial charge in [0, 0.05) is 36.0 Å². The maximum absolute atomic E-state index is 11.6. The minimum absolute atomic E-state index is 0. The Morgan fingerprint density at radius 1 is 0.957 bits per heavy atom. The first-order valence-electron chi connectivity index (χ1n) is 8.27. The Hall–Kier alpha value is -0.590. The fraction of sp³-hybridized carbons (Fsp3) is 0.812. The molecule has 0 bridgehead atoms. The van der Waals surface area contributed by atoms with Gasteiger partial charge in [0.1, 0.15) is 6.04 Å². The maximum atomic E-state index is 11.6. The van der Waals surface area contributed by atoms with Crippen molar-refractivity contribution >= 4 is 47.3 Å². The molecule has 2 amide bonds. The van der Waals surface area contributed by atoms with Crippen molar-refractivity contribution < 1.29 is 19.5 Å². The topological polar surface area (TPSA) is 109 Å². The molecule has 6 nitrogen and oxygen atoms in total. The molecule has 0 aromatic carbocycles. The van der Waals surface area contributed by atoms with Crippen molar-refractivity contribution in [3.05, 3.63) is 0 Å². The number of rotatable bonds is 14. The Labute approximate surface area is 161 Å². The number of aliphatic carboxylic acids is 1. The Bertz CT molecular complexity index is 351. The van der Waals surface area contributed by atoms with Crippen LogP contribution in [0.25, 0.3) is 0 Å². The zero-order valence-corrected chi connectivity index (χ0v) is 16.6. The predicted molar refractivity (Wildman–Crippen MR) is 91.0 cm³/mol. The summed E-state index contributed by atoms with van der Waals surface area (Å²) in [6, 6.07) is -1.22. The van der Waals surface area contributed by atoms with Gasteiger partial charge in [0.2, 0.25) is 11.8 Å². The van der Waals surface area contributed by atoms with Crippen molar-refractivity contribution in [2.24, 2.45) is 5.73 Å². The van der Waals surface area contributed by atoms with Crippen LogP contribution in [0.4, 0.5) is 0 Å². The van der Waals surface area contributed by atoms with Crippen LogP contribution in [-0.2, 0) is 14.4 Å². The van der Waals surface area contributed by atoms with E-state index in [9.17, 15) is 14.4 Å². The fourth-order valence-corrected chi connectivity index (χ4v) is 2.26. The number of amides is 2. The summed E-state index contributed by atoms with van der Waals surface area (Å²) in [6.07, 6.45) is 10.3. The average molecular weight is 337 g/mol. The number of nitrogens with two attached hydrogens (primary N) is 1. The number of carboxylic acids is 1. The van der Waals surface area contributed by atoms with Gasteiger partial charge in [0.25, 0.3) is 0 Å². The Morgan fingerprint density at radius 2 is 1.43 bits per heavy atom. The van der Waals surface area contributed by atoms with Gasteiger partial charge < -0.3 is 16.2 Å². The van der Waals surface area contributed by atoms with E-state index in [4.69, 9.17) is 10.8 Å². The number of nitrogens with one attached hydrogen (secondary N) is 1. The molecule has 0 rings (SSSR count). The van der Waals surface area contributed by atoms with Crippen LogP contribution >= 0.6 is 0 Å². The van der Waals surface area contributed by atoms with Crippen LogP contribution in [0.2, 0.25) is 0 Å². The largest absolute Gasteiger partial charge is 0.480 e. The zero-order chi connectivity index (χ0) is 16.8. The van der Waals surface area contributed by atoms with Gasteiger partial charge in [-0.15, -0.1) is 0 Å². The Morgan fingerprint density at radius 3 is 1.87 bits per heavy atom. The maximum Gasteiger partial charge on any atom is 0.326 e. The summed E-state index contributed by atoms with van der Waals surface area (Å²) in [5.41, 5.74) is 4.95. The SMILES string of the molecule is CCCCCCCCCCCC(=O)N[C@@H](CC(N)=O)C(=O)O.[Na]. The smallest absolute Gasteiger partial charge is 0.326 e. The molecule has 4 N–H and O–H groups in total. The minimum atomic E-state index is -1.24. The van der Waals surface area contributed by atoms with Crippen LogP contribution in [0.5, 0.6) is 0 Å². The van der Waals surface area contributed by atoms with Crippen LogP contribution in [-0.4, -0.2) is 58.5 Å². The second kappa shape index (κ2) is 16.3. The predicted octanol–water partition coefficient (Wildman–Crippen LogP) is 1.97. The molecule has 1 radical (unpaired) electrons. The number of primary amides is 1. The summed E-state index contributed by atoms with van der Waals surface area (Å²) < 4.78 is 0. The van der Waals surface area contributed by atoms with Gasteiger partial charge >= 0.3 is 5.97 Å². The molecule has 0 aromatic rings. The fourth-order valence-electron chi connectivity index (χ4n) is 2.26. The first kappa shape index (κ1) is 24.7. The zero-order valence-electron chi connectivity index (χ0n) is 14.6. The molecular formula is C16H30N2NaO4. The molecule has 129 valence electrons. The van der Waals surface area contributed by atoms with Crippen molar-refractivity contribution in [1.82, 2.24) is 5.32 Å². The molecule has 0 spiro atoms. The third kappa shape index (κ3) is 16.1. The van der Waals surface area contributed by atoms with E-state index in [-0.39, 0.29) is 41.9 Å². The Balaban J connectivity index is 0. The summed E-state index contributed by atoms with van der Waals surface area (Å²) >= 11 is 0. The summed E-state index contributed by atoms with van der Waals surface area (Å²) in [7, 11) is 0. The number of carbonyl (C=O) groups is 3. The number of unbranched alkanes of at least 4 members (excludes halogenated alkanes) is 8. The quantitative estimate of drug-likeness (QED) is 0.332. The molecule has 7 heteroatoms. The van der Waals surface area contributed by atoms with Crippen molar-refractivity contribution in [2.75, 3.05) is 0 Å².